The topological polar surface area (TPSA) is 38.9 Å². The number of halogens is 1. The maximum atomic E-state index is 6.08. The molecule has 3 nitrogen and oxygen atoms in total. The van der Waals surface area contributed by atoms with E-state index in [4.69, 9.17) is 11.6 Å². The molecule has 1 aromatic heterocycles. The number of aromatic nitrogens is 2. The molecule has 0 bridgehead atoms. The van der Waals surface area contributed by atoms with E-state index in [-0.39, 0.29) is 0 Å². The Balaban J connectivity index is 2.67. The van der Waals surface area contributed by atoms with Gasteiger partial charge in [-0.2, -0.15) is 0 Å². The Hall–Kier alpha value is -1.61. The third kappa shape index (κ3) is 0.930. The summed E-state index contributed by atoms with van der Waals surface area (Å²) >= 11 is 6.08. The van der Waals surface area contributed by atoms with E-state index in [0.717, 1.165) is 16.3 Å². The lowest BCUT2D eigenvalue weighted by Gasteiger charge is -1.98. The first kappa shape index (κ1) is 7.76. The number of hydrogen-bond acceptors (Lipinski definition) is 3. The van der Waals surface area contributed by atoms with E-state index in [2.05, 4.69) is 14.9 Å². The lowest BCUT2D eigenvalue weighted by Crippen LogP contribution is -1.77. The molecule has 0 radical (unpaired) electrons. The normalized spacial score (nSPS) is 11.2. The number of nitrogens with zero attached hydrogens (tertiary/aromatic N) is 2. The van der Waals surface area contributed by atoms with E-state index >= 15 is 0 Å². The van der Waals surface area contributed by atoms with Crippen molar-refractivity contribution in [1.82, 2.24) is 10.3 Å². The molecule has 14 heavy (non-hydrogen) atoms. The molecule has 0 aliphatic heterocycles. The Morgan fingerprint density at radius 3 is 2.71 bits per heavy atom. The van der Waals surface area contributed by atoms with Crippen molar-refractivity contribution in [1.29, 1.82) is 0 Å². The summed E-state index contributed by atoms with van der Waals surface area (Å²) in [5, 5.41) is 10.2. The van der Waals surface area contributed by atoms with E-state index in [0.29, 0.717) is 10.5 Å². The Bertz CT molecular complexity index is 618. The van der Waals surface area contributed by atoms with Crippen molar-refractivity contribution in [2.24, 2.45) is 0 Å². The van der Waals surface area contributed by atoms with Crippen molar-refractivity contribution in [3.8, 4) is 0 Å². The van der Waals surface area contributed by atoms with Gasteiger partial charge in [0.1, 0.15) is 11.0 Å². The molecule has 0 aliphatic carbocycles. The van der Waals surface area contributed by atoms with Crippen LogP contribution in [0, 0.1) is 0 Å². The van der Waals surface area contributed by atoms with Crippen molar-refractivity contribution >= 4 is 33.4 Å². The number of benzene rings is 2. The second kappa shape index (κ2) is 2.69. The molecule has 0 N–H and O–H groups in total. The van der Waals surface area contributed by atoms with Crippen LogP contribution in [0.2, 0.25) is 5.02 Å². The first-order valence-corrected chi connectivity index (χ1v) is 4.53. The summed E-state index contributed by atoms with van der Waals surface area (Å²) in [4.78, 5) is 0. The molecule has 0 aliphatic rings. The third-order valence-corrected chi connectivity index (χ3v) is 2.53. The van der Waals surface area contributed by atoms with Crippen molar-refractivity contribution in [2.45, 2.75) is 0 Å². The molecule has 2 aromatic carbocycles. The fourth-order valence-corrected chi connectivity index (χ4v) is 1.84. The monoisotopic (exact) mass is 204 g/mol. The second-order valence-corrected chi connectivity index (χ2v) is 3.44. The molecular formula is C10H5ClN2O. The van der Waals surface area contributed by atoms with Crippen LogP contribution in [0.5, 0.6) is 0 Å². The summed E-state index contributed by atoms with van der Waals surface area (Å²) in [5.74, 6) is 0. The maximum Gasteiger partial charge on any atom is 0.143 e. The summed E-state index contributed by atoms with van der Waals surface area (Å²) < 4.78 is 4.67. The van der Waals surface area contributed by atoms with Gasteiger partial charge in [-0.3, -0.25) is 0 Å². The van der Waals surface area contributed by atoms with Crippen LogP contribution < -0.4 is 0 Å². The standard InChI is InChI=1S/C10H5ClN2O/c11-8-5-9-10(13-14-12-9)7-4-2-1-3-6(7)8/h1-5H. The highest BCUT2D eigenvalue weighted by molar-refractivity contribution is 6.37. The minimum atomic E-state index is 0.670. The summed E-state index contributed by atoms with van der Waals surface area (Å²) in [7, 11) is 0. The zero-order valence-electron chi connectivity index (χ0n) is 7.07. The van der Waals surface area contributed by atoms with Gasteiger partial charge in [0, 0.05) is 10.8 Å². The van der Waals surface area contributed by atoms with Crippen LogP contribution in [0.15, 0.2) is 35.0 Å². The zero-order valence-corrected chi connectivity index (χ0v) is 7.82. The molecule has 3 aromatic rings. The summed E-state index contributed by atoms with van der Waals surface area (Å²) in [6.07, 6.45) is 0. The summed E-state index contributed by atoms with van der Waals surface area (Å²) in [6, 6.07) is 9.54. The summed E-state index contributed by atoms with van der Waals surface area (Å²) in [6.45, 7) is 0. The van der Waals surface area contributed by atoms with Crippen LogP contribution in [-0.2, 0) is 0 Å². The van der Waals surface area contributed by atoms with Crippen molar-refractivity contribution < 1.29 is 4.63 Å². The summed E-state index contributed by atoms with van der Waals surface area (Å²) in [5.41, 5.74) is 1.44. The van der Waals surface area contributed by atoms with Crippen molar-refractivity contribution in [3.05, 3.63) is 35.4 Å². The highest BCUT2D eigenvalue weighted by Gasteiger charge is 2.08. The minimum absolute atomic E-state index is 0.670. The number of fused-ring (bicyclic) bond motifs is 3. The van der Waals surface area contributed by atoms with Crippen LogP contribution >= 0.6 is 11.6 Å². The molecule has 0 unspecified atom stereocenters. The number of hydrogen-bond donors (Lipinski definition) is 0. The zero-order chi connectivity index (χ0) is 9.54. The maximum absolute atomic E-state index is 6.08. The fourth-order valence-electron chi connectivity index (χ4n) is 1.57. The predicted octanol–water partition coefficient (Wildman–Crippen LogP) is 3.03. The van der Waals surface area contributed by atoms with Gasteiger partial charge in [0.25, 0.3) is 0 Å². The Morgan fingerprint density at radius 1 is 1.07 bits per heavy atom. The molecule has 0 spiro atoms. The van der Waals surface area contributed by atoms with E-state index in [9.17, 15) is 0 Å². The van der Waals surface area contributed by atoms with Gasteiger partial charge in [0.2, 0.25) is 0 Å². The second-order valence-electron chi connectivity index (χ2n) is 3.04. The van der Waals surface area contributed by atoms with Crippen LogP contribution in [0.1, 0.15) is 0 Å². The van der Waals surface area contributed by atoms with E-state index in [1.807, 2.05) is 24.3 Å². The fraction of sp³-hybridized carbons (Fsp3) is 0. The quantitative estimate of drug-likeness (QED) is 0.565. The molecule has 3 rings (SSSR count). The Labute approximate surface area is 84.2 Å². The van der Waals surface area contributed by atoms with Gasteiger partial charge in [-0.15, -0.1) is 0 Å². The van der Waals surface area contributed by atoms with Crippen LogP contribution in [-0.4, -0.2) is 10.3 Å². The molecule has 68 valence electrons. The molecule has 0 atom stereocenters. The molecule has 4 heteroatoms. The van der Waals surface area contributed by atoms with E-state index < -0.39 is 0 Å². The van der Waals surface area contributed by atoms with Gasteiger partial charge in [-0.05, 0) is 16.4 Å². The molecule has 0 fully saturated rings. The van der Waals surface area contributed by atoms with E-state index in [1.54, 1.807) is 6.07 Å². The lowest BCUT2D eigenvalue weighted by molar-refractivity contribution is 0.316. The van der Waals surface area contributed by atoms with Gasteiger partial charge in [0.15, 0.2) is 0 Å². The van der Waals surface area contributed by atoms with E-state index in [1.165, 1.54) is 0 Å². The smallest absolute Gasteiger partial charge is 0.143 e. The highest BCUT2D eigenvalue weighted by atomic mass is 35.5. The average Bonchev–Trinajstić information content (AvgIpc) is 2.66. The first-order valence-electron chi connectivity index (χ1n) is 4.16. The van der Waals surface area contributed by atoms with Gasteiger partial charge in [-0.25, -0.2) is 4.63 Å². The van der Waals surface area contributed by atoms with Crippen molar-refractivity contribution in [3.63, 3.8) is 0 Å². The van der Waals surface area contributed by atoms with Gasteiger partial charge >= 0.3 is 0 Å². The Kier molecular flexibility index (Phi) is 1.49. The van der Waals surface area contributed by atoms with Crippen LogP contribution in [0.3, 0.4) is 0 Å². The van der Waals surface area contributed by atoms with Crippen LogP contribution in [0.4, 0.5) is 0 Å². The molecule has 0 amide bonds. The average molecular weight is 205 g/mol. The Morgan fingerprint density at radius 2 is 1.86 bits per heavy atom. The predicted molar refractivity (Wildman–Crippen MR) is 54.3 cm³/mol. The first-order chi connectivity index (χ1) is 6.86. The molecule has 0 saturated carbocycles. The minimum Gasteiger partial charge on any atom is -0.243 e. The highest BCUT2D eigenvalue weighted by Crippen LogP contribution is 2.29. The molecule has 0 saturated heterocycles. The number of rotatable bonds is 0. The molecule has 1 heterocycles. The SMILES string of the molecule is Clc1cc2nonc2c2ccccc12. The van der Waals surface area contributed by atoms with Gasteiger partial charge in [-0.1, -0.05) is 35.9 Å². The van der Waals surface area contributed by atoms with Gasteiger partial charge < -0.3 is 0 Å². The largest absolute Gasteiger partial charge is 0.243 e. The third-order valence-electron chi connectivity index (χ3n) is 2.22. The lowest BCUT2D eigenvalue weighted by atomic mass is 10.1. The van der Waals surface area contributed by atoms with Crippen LogP contribution in [0.25, 0.3) is 21.8 Å². The molecular weight excluding hydrogens is 200 g/mol. The van der Waals surface area contributed by atoms with Crippen molar-refractivity contribution in [2.75, 3.05) is 0 Å². The van der Waals surface area contributed by atoms with Gasteiger partial charge in [0.05, 0.1) is 5.02 Å².